The first-order chi connectivity index (χ1) is 13.6. The van der Waals surface area contributed by atoms with Crippen LogP contribution in [0.4, 0.5) is 15.9 Å². The number of imidazole rings is 1. The lowest BCUT2D eigenvalue weighted by molar-refractivity contribution is 0.624. The van der Waals surface area contributed by atoms with Crippen LogP contribution in [0.3, 0.4) is 0 Å². The maximum Gasteiger partial charge on any atom is 0.197 e. The Kier molecular flexibility index (Phi) is 3.87. The number of anilines is 2. The third-order valence-corrected chi connectivity index (χ3v) is 5.93. The summed E-state index contributed by atoms with van der Waals surface area (Å²) in [5, 5.41) is 3.56. The van der Waals surface area contributed by atoms with E-state index >= 15 is 0 Å². The molecule has 28 heavy (non-hydrogen) atoms. The molecule has 5 rings (SSSR count). The second-order valence-corrected chi connectivity index (χ2v) is 7.75. The average molecular weight is 388 g/mol. The number of fused-ring (bicyclic) bond motifs is 3. The van der Waals surface area contributed by atoms with E-state index in [0.29, 0.717) is 11.3 Å². The van der Waals surface area contributed by atoms with Crippen LogP contribution < -0.4 is 5.32 Å². The molecule has 0 atom stereocenters. The van der Waals surface area contributed by atoms with Gasteiger partial charge in [0.1, 0.15) is 11.5 Å². The van der Waals surface area contributed by atoms with Crippen molar-refractivity contribution in [3.05, 3.63) is 77.9 Å². The van der Waals surface area contributed by atoms with Crippen molar-refractivity contribution in [1.29, 1.82) is 0 Å². The van der Waals surface area contributed by atoms with Crippen molar-refractivity contribution in [3.8, 4) is 11.3 Å². The van der Waals surface area contributed by atoms with Crippen molar-refractivity contribution in [2.24, 2.45) is 0 Å². The molecule has 2 aromatic carbocycles. The zero-order chi connectivity index (χ0) is 19.3. The summed E-state index contributed by atoms with van der Waals surface area (Å²) in [6.07, 6.45) is 2.82. The Morgan fingerprint density at radius 1 is 1.00 bits per heavy atom. The molecule has 0 radical (unpaired) electrons. The lowest BCUT2D eigenvalue weighted by Crippen LogP contribution is -2.01. The van der Waals surface area contributed by atoms with Crippen LogP contribution in [0, 0.1) is 19.7 Å². The molecular weight excluding hydrogens is 371 g/mol. The monoisotopic (exact) mass is 388 g/mol. The number of nitrogens with zero attached hydrogens (tertiary/aromatic N) is 3. The van der Waals surface area contributed by atoms with E-state index in [9.17, 15) is 4.39 Å². The summed E-state index contributed by atoms with van der Waals surface area (Å²) in [6.45, 7) is 4.12. The number of aromatic nitrogens is 3. The van der Waals surface area contributed by atoms with Crippen LogP contribution in [0.25, 0.3) is 26.4 Å². The van der Waals surface area contributed by atoms with Crippen LogP contribution in [0.5, 0.6) is 0 Å². The van der Waals surface area contributed by atoms with E-state index in [-0.39, 0.29) is 5.82 Å². The largest absolute Gasteiger partial charge is 0.339 e. The van der Waals surface area contributed by atoms with Crippen LogP contribution in [0.1, 0.15) is 11.1 Å². The van der Waals surface area contributed by atoms with E-state index in [2.05, 4.69) is 52.8 Å². The van der Waals surface area contributed by atoms with Crippen molar-refractivity contribution >= 4 is 38.0 Å². The van der Waals surface area contributed by atoms with Crippen LogP contribution >= 0.6 is 11.3 Å². The van der Waals surface area contributed by atoms with Crippen molar-refractivity contribution in [3.63, 3.8) is 0 Å². The van der Waals surface area contributed by atoms with Gasteiger partial charge in [0, 0.05) is 17.4 Å². The Morgan fingerprint density at radius 3 is 2.57 bits per heavy atom. The summed E-state index contributed by atoms with van der Waals surface area (Å²) < 4.78 is 17.8. The second kappa shape index (κ2) is 6.42. The van der Waals surface area contributed by atoms with Crippen LogP contribution in [-0.4, -0.2) is 14.4 Å². The summed E-state index contributed by atoms with van der Waals surface area (Å²) in [5.74, 6) is 0.372. The Balaban J connectivity index is 1.83. The normalized spacial score (nSPS) is 11.4. The third kappa shape index (κ3) is 2.57. The van der Waals surface area contributed by atoms with Gasteiger partial charge in [-0.05, 0) is 43.2 Å². The van der Waals surface area contributed by atoms with E-state index in [1.165, 1.54) is 6.20 Å². The fourth-order valence-electron chi connectivity index (χ4n) is 3.52. The molecule has 3 aromatic heterocycles. The third-order valence-electron chi connectivity index (χ3n) is 4.91. The van der Waals surface area contributed by atoms with E-state index in [1.807, 2.05) is 18.2 Å². The maximum atomic E-state index is 14.6. The van der Waals surface area contributed by atoms with Crippen molar-refractivity contribution in [2.75, 3.05) is 5.32 Å². The number of nitrogens with one attached hydrogen (secondary N) is 1. The number of para-hydroxylation sites is 2. The molecule has 0 unspecified atom stereocenters. The molecule has 0 saturated heterocycles. The summed E-state index contributed by atoms with van der Waals surface area (Å²) in [7, 11) is 0. The topological polar surface area (TPSA) is 42.2 Å². The molecular formula is C22H17FN4S. The summed E-state index contributed by atoms with van der Waals surface area (Å²) in [5.41, 5.74) is 5.31. The van der Waals surface area contributed by atoms with Gasteiger partial charge in [-0.3, -0.25) is 9.38 Å². The molecule has 0 spiro atoms. The van der Waals surface area contributed by atoms with Crippen LogP contribution in [-0.2, 0) is 0 Å². The van der Waals surface area contributed by atoms with Gasteiger partial charge >= 0.3 is 0 Å². The highest BCUT2D eigenvalue weighted by Crippen LogP contribution is 2.38. The van der Waals surface area contributed by atoms with E-state index in [0.717, 1.165) is 37.8 Å². The fraction of sp³-hybridized carbons (Fsp3) is 0.0909. The smallest absolute Gasteiger partial charge is 0.197 e. The summed E-state index contributed by atoms with van der Waals surface area (Å²) in [4.78, 5) is 9.48. The highest BCUT2D eigenvalue weighted by atomic mass is 32.1. The molecule has 0 aliphatic heterocycles. The zero-order valence-corrected chi connectivity index (χ0v) is 16.2. The molecule has 0 amide bonds. The van der Waals surface area contributed by atoms with Crippen LogP contribution in [0.15, 0.2) is 60.9 Å². The SMILES string of the molecule is Cc1cccc(C)c1Nc1c(-c2ccncc2F)nc2sc3ccccc3n12. The molecule has 5 aromatic rings. The molecule has 3 heterocycles. The minimum atomic E-state index is -0.387. The van der Waals surface area contributed by atoms with Gasteiger partial charge in [0.05, 0.1) is 16.4 Å². The van der Waals surface area contributed by atoms with Gasteiger partial charge in [-0.25, -0.2) is 9.37 Å². The highest BCUT2D eigenvalue weighted by Gasteiger charge is 2.21. The first-order valence-electron chi connectivity index (χ1n) is 8.96. The van der Waals surface area contributed by atoms with E-state index in [1.54, 1.807) is 23.6 Å². The molecule has 0 aliphatic rings. The lowest BCUT2D eigenvalue weighted by atomic mass is 10.1. The molecule has 138 valence electrons. The first-order valence-corrected chi connectivity index (χ1v) is 9.78. The Labute approximate surface area is 165 Å². The lowest BCUT2D eigenvalue weighted by Gasteiger charge is -2.14. The number of rotatable bonds is 3. The van der Waals surface area contributed by atoms with Gasteiger partial charge in [-0.2, -0.15) is 0 Å². The Hall–Kier alpha value is -3.25. The minimum absolute atomic E-state index is 0.387. The molecule has 0 saturated carbocycles. The van der Waals surface area contributed by atoms with Gasteiger partial charge < -0.3 is 5.32 Å². The Morgan fingerprint density at radius 2 is 1.79 bits per heavy atom. The number of hydrogen-bond donors (Lipinski definition) is 1. The van der Waals surface area contributed by atoms with Gasteiger partial charge in [0.2, 0.25) is 0 Å². The zero-order valence-electron chi connectivity index (χ0n) is 15.4. The minimum Gasteiger partial charge on any atom is -0.339 e. The van der Waals surface area contributed by atoms with Crippen molar-refractivity contribution in [2.45, 2.75) is 13.8 Å². The standard InChI is InChI=1S/C22H17FN4S/c1-13-6-5-7-14(2)19(13)25-21-20(15-10-11-24-12-16(15)23)26-22-27(21)17-8-3-4-9-18(17)28-22/h3-12,25H,1-2H3. The number of hydrogen-bond acceptors (Lipinski definition) is 4. The predicted molar refractivity (Wildman–Crippen MR) is 113 cm³/mol. The number of benzene rings is 2. The Bertz CT molecular complexity index is 1320. The molecule has 0 bridgehead atoms. The van der Waals surface area contributed by atoms with Crippen molar-refractivity contribution in [1.82, 2.24) is 14.4 Å². The second-order valence-electron chi connectivity index (χ2n) is 6.74. The summed E-state index contributed by atoms with van der Waals surface area (Å²) in [6, 6.07) is 16.0. The summed E-state index contributed by atoms with van der Waals surface area (Å²) >= 11 is 1.59. The van der Waals surface area contributed by atoms with Gasteiger partial charge in [-0.15, -0.1) is 0 Å². The van der Waals surface area contributed by atoms with E-state index in [4.69, 9.17) is 4.98 Å². The van der Waals surface area contributed by atoms with E-state index < -0.39 is 0 Å². The van der Waals surface area contributed by atoms with Gasteiger partial charge in [-0.1, -0.05) is 41.7 Å². The molecule has 6 heteroatoms. The number of halogens is 1. The number of pyridine rings is 1. The molecule has 0 aliphatic carbocycles. The van der Waals surface area contributed by atoms with Gasteiger partial charge in [0.15, 0.2) is 10.8 Å². The fourth-order valence-corrected chi connectivity index (χ4v) is 4.54. The first kappa shape index (κ1) is 16.9. The quantitative estimate of drug-likeness (QED) is 0.405. The molecule has 1 N–H and O–H groups in total. The average Bonchev–Trinajstić information content (AvgIpc) is 3.21. The number of aryl methyl sites for hydroxylation is 2. The van der Waals surface area contributed by atoms with Crippen LogP contribution in [0.2, 0.25) is 0 Å². The predicted octanol–water partition coefficient (Wildman–Crippen LogP) is 6.11. The highest BCUT2D eigenvalue weighted by molar-refractivity contribution is 7.23. The van der Waals surface area contributed by atoms with Crippen molar-refractivity contribution < 1.29 is 4.39 Å². The number of thiazole rings is 1. The molecule has 4 nitrogen and oxygen atoms in total. The maximum absolute atomic E-state index is 14.6. The molecule has 0 fully saturated rings. The van der Waals surface area contributed by atoms with Gasteiger partial charge in [0.25, 0.3) is 0 Å².